The van der Waals surface area contributed by atoms with Gasteiger partial charge in [-0.2, -0.15) is 0 Å². The number of amides is 2. The standard InChI is InChI=1S/C19H23N3O5/c1-3-7-21-18(26)27-11-19(2)10-14-13(9-12-6-4-5-8-20-12)16(23)22(14)15(19)17(24)25/h4-6,8-9,14-15H,3,7,10-11H2,1-2H3,(H,21,26)(H,24,25)/b13-9+/t14?,15-,19-/m0/s1. The molecule has 2 aliphatic heterocycles. The molecule has 1 aromatic heterocycles. The van der Waals surface area contributed by atoms with Gasteiger partial charge in [-0.1, -0.05) is 19.9 Å². The van der Waals surface area contributed by atoms with Crippen LogP contribution >= 0.6 is 0 Å². The van der Waals surface area contributed by atoms with Crippen LogP contribution in [0.1, 0.15) is 32.4 Å². The maximum Gasteiger partial charge on any atom is 0.407 e. The van der Waals surface area contributed by atoms with Crippen LogP contribution in [0.25, 0.3) is 6.08 Å². The lowest BCUT2D eigenvalue weighted by atomic mass is 9.81. The first kappa shape index (κ1) is 18.9. The number of nitrogens with one attached hydrogen (secondary N) is 1. The van der Waals surface area contributed by atoms with Crippen LogP contribution in [0.3, 0.4) is 0 Å². The number of nitrogens with zero attached hydrogens (tertiary/aromatic N) is 2. The predicted octanol–water partition coefficient (Wildman–Crippen LogP) is 1.68. The third kappa shape index (κ3) is 3.51. The third-order valence-corrected chi connectivity index (χ3v) is 5.05. The van der Waals surface area contributed by atoms with E-state index in [1.54, 1.807) is 31.3 Å². The number of β-lactam (4-membered cyclic amide) rings is 1. The summed E-state index contributed by atoms with van der Waals surface area (Å²) in [6, 6.07) is 4.04. The van der Waals surface area contributed by atoms with Crippen LogP contribution in [0.4, 0.5) is 4.79 Å². The summed E-state index contributed by atoms with van der Waals surface area (Å²) in [5.41, 5.74) is 0.324. The Kier molecular flexibility index (Phi) is 5.16. The maximum absolute atomic E-state index is 12.6. The molecule has 3 heterocycles. The minimum atomic E-state index is -1.09. The van der Waals surface area contributed by atoms with Gasteiger partial charge in [0.05, 0.1) is 11.7 Å². The summed E-state index contributed by atoms with van der Waals surface area (Å²) in [6.07, 6.45) is 3.94. The van der Waals surface area contributed by atoms with Gasteiger partial charge in [-0.25, -0.2) is 9.59 Å². The zero-order valence-electron chi connectivity index (χ0n) is 15.3. The molecule has 144 valence electrons. The molecule has 0 saturated carbocycles. The first-order valence-electron chi connectivity index (χ1n) is 8.96. The molecule has 1 unspecified atom stereocenters. The van der Waals surface area contributed by atoms with Crippen LogP contribution in [0.15, 0.2) is 30.0 Å². The molecule has 0 aromatic carbocycles. The summed E-state index contributed by atoms with van der Waals surface area (Å²) in [4.78, 5) is 41.7. The number of hydrogen-bond acceptors (Lipinski definition) is 5. The molecule has 8 heteroatoms. The van der Waals surface area contributed by atoms with Gasteiger partial charge in [0.1, 0.15) is 12.6 Å². The Morgan fingerprint density at radius 2 is 2.26 bits per heavy atom. The van der Waals surface area contributed by atoms with Crippen molar-refractivity contribution < 1.29 is 24.2 Å². The van der Waals surface area contributed by atoms with Crippen molar-refractivity contribution in [3.8, 4) is 0 Å². The Morgan fingerprint density at radius 1 is 1.48 bits per heavy atom. The molecule has 0 aliphatic carbocycles. The van der Waals surface area contributed by atoms with Gasteiger partial charge in [-0.05, 0) is 31.1 Å². The molecule has 8 nitrogen and oxygen atoms in total. The molecule has 2 saturated heterocycles. The topological polar surface area (TPSA) is 109 Å². The number of fused-ring (bicyclic) bond motifs is 1. The van der Waals surface area contributed by atoms with E-state index >= 15 is 0 Å². The van der Waals surface area contributed by atoms with E-state index in [2.05, 4.69) is 10.3 Å². The molecule has 2 amide bonds. The lowest BCUT2D eigenvalue weighted by Gasteiger charge is -2.40. The molecule has 3 atom stereocenters. The zero-order valence-corrected chi connectivity index (χ0v) is 15.3. The predicted molar refractivity (Wildman–Crippen MR) is 96.6 cm³/mol. The average Bonchev–Trinajstić information content (AvgIpc) is 2.94. The van der Waals surface area contributed by atoms with Crippen molar-refractivity contribution >= 4 is 24.0 Å². The molecule has 27 heavy (non-hydrogen) atoms. The number of carboxylic acid groups (broad SMARTS) is 1. The lowest BCUT2D eigenvalue weighted by molar-refractivity contribution is -0.155. The molecule has 1 aromatic rings. The van der Waals surface area contributed by atoms with Crippen LogP contribution in [-0.4, -0.2) is 58.2 Å². The highest BCUT2D eigenvalue weighted by atomic mass is 16.5. The van der Waals surface area contributed by atoms with Gasteiger partial charge in [0.25, 0.3) is 5.91 Å². The number of hydrogen-bond donors (Lipinski definition) is 2. The van der Waals surface area contributed by atoms with E-state index in [1.165, 1.54) is 4.90 Å². The monoisotopic (exact) mass is 373 g/mol. The first-order valence-corrected chi connectivity index (χ1v) is 8.96. The Bertz CT molecular complexity index is 779. The van der Waals surface area contributed by atoms with Crippen LogP contribution in [-0.2, 0) is 14.3 Å². The first-order chi connectivity index (χ1) is 12.9. The average molecular weight is 373 g/mol. The minimum Gasteiger partial charge on any atom is -0.480 e. The normalized spacial score (nSPS) is 27.9. The fraction of sp³-hybridized carbons (Fsp3) is 0.474. The van der Waals surface area contributed by atoms with Crippen molar-refractivity contribution in [2.75, 3.05) is 13.2 Å². The molecule has 2 fully saturated rings. The van der Waals surface area contributed by atoms with Crippen LogP contribution in [0, 0.1) is 5.41 Å². The van der Waals surface area contributed by atoms with Crippen molar-refractivity contribution in [2.45, 2.75) is 38.8 Å². The third-order valence-electron chi connectivity index (χ3n) is 5.05. The number of aliphatic carboxylic acids is 1. The lowest BCUT2D eigenvalue weighted by Crippen LogP contribution is -2.58. The summed E-state index contributed by atoms with van der Waals surface area (Å²) in [6.45, 7) is 4.08. The summed E-state index contributed by atoms with van der Waals surface area (Å²) < 4.78 is 5.24. The molecule has 0 bridgehead atoms. The van der Waals surface area contributed by atoms with Crippen LogP contribution in [0.5, 0.6) is 0 Å². The maximum atomic E-state index is 12.6. The number of alkyl carbamates (subject to hydrolysis) is 1. The summed E-state index contributed by atoms with van der Waals surface area (Å²) in [5, 5.41) is 12.3. The van der Waals surface area contributed by atoms with Gasteiger partial charge >= 0.3 is 12.1 Å². The van der Waals surface area contributed by atoms with Crippen LogP contribution in [0.2, 0.25) is 0 Å². The molecule has 0 spiro atoms. The van der Waals surface area contributed by atoms with E-state index in [-0.39, 0.29) is 18.6 Å². The summed E-state index contributed by atoms with van der Waals surface area (Å²) in [7, 11) is 0. The Hall–Kier alpha value is -2.90. The molecule has 2 N–H and O–H groups in total. The van der Waals surface area contributed by atoms with E-state index < -0.39 is 23.5 Å². The van der Waals surface area contributed by atoms with E-state index in [1.807, 2.05) is 13.0 Å². The Balaban J connectivity index is 1.77. The highest BCUT2D eigenvalue weighted by Gasteiger charge is 2.62. The van der Waals surface area contributed by atoms with Gasteiger partial charge in [0.2, 0.25) is 0 Å². The second-order valence-electron chi connectivity index (χ2n) is 7.18. The van der Waals surface area contributed by atoms with E-state index in [9.17, 15) is 19.5 Å². The van der Waals surface area contributed by atoms with Gasteiger partial charge in [0, 0.05) is 23.7 Å². The number of carbonyl (C=O) groups excluding carboxylic acids is 2. The number of rotatable bonds is 6. The van der Waals surface area contributed by atoms with Gasteiger partial charge < -0.3 is 20.1 Å². The Labute approximate surface area is 157 Å². The van der Waals surface area contributed by atoms with Crippen molar-refractivity contribution in [3.63, 3.8) is 0 Å². The quantitative estimate of drug-likeness (QED) is 0.580. The van der Waals surface area contributed by atoms with E-state index in [4.69, 9.17) is 4.74 Å². The number of ether oxygens (including phenoxy) is 1. The fourth-order valence-corrected chi connectivity index (χ4v) is 3.75. The number of pyridine rings is 1. The highest BCUT2D eigenvalue weighted by molar-refractivity contribution is 6.08. The Morgan fingerprint density at radius 3 is 2.89 bits per heavy atom. The second-order valence-corrected chi connectivity index (χ2v) is 7.18. The van der Waals surface area contributed by atoms with Crippen molar-refractivity contribution in [1.82, 2.24) is 15.2 Å². The van der Waals surface area contributed by atoms with Crippen molar-refractivity contribution in [1.29, 1.82) is 0 Å². The molecular formula is C19H23N3O5. The number of carboxylic acids is 1. The van der Waals surface area contributed by atoms with E-state index in [0.717, 1.165) is 6.42 Å². The number of aromatic nitrogens is 1. The largest absolute Gasteiger partial charge is 0.480 e. The second kappa shape index (κ2) is 7.38. The fourth-order valence-electron chi connectivity index (χ4n) is 3.75. The zero-order chi connectivity index (χ0) is 19.6. The molecule has 0 radical (unpaired) electrons. The van der Waals surface area contributed by atoms with Crippen molar-refractivity contribution in [3.05, 3.63) is 35.7 Å². The van der Waals surface area contributed by atoms with E-state index in [0.29, 0.717) is 24.2 Å². The summed E-state index contributed by atoms with van der Waals surface area (Å²) >= 11 is 0. The van der Waals surface area contributed by atoms with Crippen molar-refractivity contribution in [2.24, 2.45) is 5.41 Å². The van der Waals surface area contributed by atoms with Crippen LogP contribution < -0.4 is 5.32 Å². The number of carbonyl (C=O) groups is 3. The minimum absolute atomic E-state index is 0.0728. The van der Waals surface area contributed by atoms with Gasteiger partial charge in [0.15, 0.2) is 0 Å². The van der Waals surface area contributed by atoms with Gasteiger partial charge in [-0.3, -0.25) is 9.78 Å². The smallest absolute Gasteiger partial charge is 0.407 e. The SMILES string of the molecule is CCCNC(=O)OC[C@]1(C)CC2/C(=C\c3ccccn3)C(=O)N2[C@H]1C(=O)O. The summed E-state index contributed by atoms with van der Waals surface area (Å²) in [5.74, 6) is -1.40. The van der Waals surface area contributed by atoms with Gasteiger partial charge in [-0.15, -0.1) is 0 Å². The molecule has 2 aliphatic rings. The molecular weight excluding hydrogens is 350 g/mol. The molecule has 3 rings (SSSR count). The highest BCUT2D eigenvalue weighted by Crippen LogP contribution is 2.49.